The average Bonchev–Trinajstić information content (AvgIpc) is 3.77. The first-order valence-corrected chi connectivity index (χ1v) is 17.2. The van der Waals surface area contributed by atoms with Gasteiger partial charge in [0.25, 0.3) is 0 Å². The lowest BCUT2D eigenvalue weighted by Gasteiger charge is -2.45. The number of morpholine rings is 1. The smallest absolute Gasteiger partial charge is 0.435 e. The number of rotatable bonds is 7. The first-order valence-electron chi connectivity index (χ1n) is 17.2. The first kappa shape index (κ1) is 33.6. The van der Waals surface area contributed by atoms with Crippen molar-refractivity contribution in [2.75, 3.05) is 57.9 Å². The fourth-order valence-corrected chi connectivity index (χ4v) is 8.14. The summed E-state index contributed by atoms with van der Waals surface area (Å²) in [6, 6.07) is 9.92. The molecular formula is C37H41F3N8O3. The number of ether oxygens (including phenoxy) is 2. The minimum absolute atomic E-state index is 0.0117. The molecule has 2 saturated heterocycles. The lowest BCUT2D eigenvalue weighted by molar-refractivity contribution is -0.140. The van der Waals surface area contributed by atoms with Gasteiger partial charge in [-0.25, -0.2) is 4.98 Å². The van der Waals surface area contributed by atoms with Gasteiger partial charge in [-0.2, -0.15) is 18.3 Å². The highest BCUT2D eigenvalue weighted by Gasteiger charge is 2.42. The van der Waals surface area contributed by atoms with E-state index in [1.807, 2.05) is 33.7 Å². The summed E-state index contributed by atoms with van der Waals surface area (Å²) in [7, 11) is 3.13. The number of hydrogen-bond donors (Lipinski definition) is 1. The maximum atomic E-state index is 14.3. The highest BCUT2D eigenvalue weighted by Crippen LogP contribution is 2.46. The largest absolute Gasteiger partial charge is 0.497 e. The van der Waals surface area contributed by atoms with Crippen molar-refractivity contribution in [1.82, 2.24) is 34.1 Å². The minimum atomic E-state index is -4.66. The summed E-state index contributed by atoms with van der Waals surface area (Å²) in [4.78, 5) is 15.8. The van der Waals surface area contributed by atoms with Gasteiger partial charge in [0.05, 0.1) is 37.9 Å². The van der Waals surface area contributed by atoms with Crippen LogP contribution < -0.4 is 9.64 Å². The molecule has 3 aromatic heterocycles. The number of anilines is 1. The van der Waals surface area contributed by atoms with Crippen LogP contribution in [0.1, 0.15) is 34.9 Å². The topological polar surface area (TPSA) is 96.9 Å². The molecule has 0 saturated carbocycles. The van der Waals surface area contributed by atoms with E-state index in [0.29, 0.717) is 54.5 Å². The lowest BCUT2D eigenvalue weighted by atomic mass is 9.83. The Kier molecular flexibility index (Phi) is 8.52. The zero-order valence-electron chi connectivity index (χ0n) is 28.9. The number of piperazine rings is 1. The van der Waals surface area contributed by atoms with E-state index in [2.05, 4.69) is 19.9 Å². The van der Waals surface area contributed by atoms with Gasteiger partial charge in [0.1, 0.15) is 5.75 Å². The number of pyridine rings is 1. The Morgan fingerprint density at radius 1 is 1.06 bits per heavy atom. The maximum Gasteiger partial charge on any atom is 0.435 e. The van der Waals surface area contributed by atoms with E-state index in [9.17, 15) is 18.3 Å². The molecule has 1 unspecified atom stereocenters. The number of methoxy groups -OCH3 is 1. The Balaban J connectivity index is 1.21. The molecule has 6 heterocycles. The summed E-state index contributed by atoms with van der Waals surface area (Å²) in [5.74, 6) is 0.685. The molecule has 5 aromatic rings. The van der Waals surface area contributed by atoms with Crippen LogP contribution in [-0.4, -0.2) is 98.3 Å². The van der Waals surface area contributed by atoms with Gasteiger partial charge >= 0.3 is 6.18 Å². The number of aromatic nitrogens is 5. The lowest BCUT2D eigenvalue weighted by Crippen LogP contribution is -2.57. The summed E-state index contributed by atoms with van der Waals surface area (Å²) in [5, 5.41) is 17.2. The number of halogens is 3. The van der Waals surface area contributed by atoms with E-state index >= 15 is 0 Å². The molecule has 0 spiro atoms. The molecule has 0 bridgehead atoms. The second kappa shape index (κ2) is 12.9. The van der Waals surface area contributed by atoms with E-state index < -0.39 is 17.6 Å². The SMILES string of the molecule is COc1cc(CN2CCN3CCOC[C@@H]3C2)c2nccc(N3CCc4c(-c5cn(C)nc5C(F)(F)F)cc(Cn5ccnc5)cc4C3(C)O)c2c1. The molecule has 14 heteroatoms. The zero-order chi connectivity index (χ0) is 35.5. The Morgan fingerprint density at radius 2 is 1.92 bits per heavy atom. The standard InChI is InChI=1S/C37H41F3N8O3/c1-36(49)32-15-24(18-46-9-7-41-23-46)14-29(31-21-44(2)43-35(31)37(38,39)40)28(32)5-8-48(36)33-4-6-42-34-25(16-27(50-3)17-30(33)34)19-45-10-11-47-12-13-51-22-26(47)20-45/h4,6-7,9,14-17,21,23,26,49H,5,8,10-13,18-20,22H2,1-3H3/t26-,36?/m0/s1. The van der Waals surface area contributed by atoms with Gasteiger partial charge in [0.2, 0.25) is 0 Å². The molecule has 3 aliphatic heterocycles. The molecule has 3 aliphatic rings. The van der Waals surface area contributed by atoms with Crippen molar-refractivity contribution >= 4 is 16.6 Å². The van der Waals surface area contributed by atoms with Gasteiger partial charge in [-0.1, -0.05) is 0 Å². The predicted octanol–water partition coefficient (Wildman–Crippen LogP) is 4.65. The van der Waals surface area contributed by atoms with Crippen LogP contribution in [0.15, 0.2) is 61.4 Å². The number of benzene rings is 2. The second-order valence-electron chi connectivity index (χ2n) is 13.9. The first-order chi connectivity index (χ1) is 24.5. The van der Waals surface area contributed by atoms with Crippen molar-refractivity contribution < 1.29 is 27.8 Å². The van der Waals surface area contributed by atoms with Crippen LogP contribution in [0.25, 0.3) is 22.0 Å². The molecule has 51 heavy (non-hydrogen) atoms. The molecule has 0 radical (unpaired) electrons. The number of nitrogens with zero attached hydrogens (tertiary/aromatic N) is 8. The van der Waals surface area contributed by atoms with Gasteiger partial charge in [0, 0.05) is 100 Å². The molecule has 8 rings (SSSR count). The van der Waals surface area contributed by atoms with Crippen LogP contribution in [0.5, 0.6) is 5.75 Å². The van der Waals surface area contributed by atoms with Crippen LogP contribution in [0.2, 0.25) is 0 Å². The number of aryl methyl sites for hydroxylation is 1. The van der Waals surface area contributed by atoms with Crippen molar-refractivity contribution in [2.24, 2.45) is 7.05 Å². The van der Waals surface area contributed by atoms with Gasteiger partial charge in [0.15, 0.2) is 11.4 Å². The van der Waals surface area contributed by atoms with Gasteiger partial charge in [-0.05, 0) is 65.9 Å². The predicted molar refractivity (Wildman–Crippen MR) is 185 cm³/mol. The number of imidazole rings is 1. The summed E-state index contributed by atoms with van der Waals surface area (Å²) >= 11 is 0. The van der Waals surface area contributed by atoms with Crippen LogP contribution in [-0.2, 0) is 43.2 Å². The van der Waals surface area contributed by atoms with Crippen molar-refractivity contribution in [3.8, 4) is 16.9 Å². The van der Waals surface area contributed by atoms with Crippen molar-refractivity contribution in [2.45, 2.75) is 44.4 Å². The molecule has 1 N–H and O–H groups in total. The number of fused-ring (bicyclic) bond motifs is 3. The Bertz CT molecular complexity index is 2060. The molecule has 2 aromatic carbocycles. The highest BCUT2D eigenvalue weighted by molar-refractivity contribution is 5.95. The minimum Gasteiger partial charge on any atom is -0.497 e. The van der Waals surface area contributed by atoms with Crippen LogP contribution >= 0.6 is 0 Å². The molecule has 2 atom stereocenters. The van der Waals surface area contributed by atoms with Gasteiger partial charge in [-0.3, -0.25) is 19.5 Å². The van der Waals surface area contributed by atoms with E-state index in [-0.39, 0.29) is 5.56 Å². The third-order valence-electron chi connectivity index (χ3n) is 10.6. The average molecular weight is 703 g/mol. The quantitative estimate of drug-likeness (QED) is 0.260. The Hall–Kier alpha value is -4.50. The van der Waals surface area contributed by atoms with Crippen LogP contribution in [0.4, 0.5) is 18.9 Å². The fourth-order valence-electron chi connectivity index (χ4n) is 8.14. The second-order valence-corrected chi connectivity index (χ2v) is 13.9. The molecule has 268 valence electrons. The van der Waals surface area contributed by atoms with E-state index in [0.717, 1.165) is 67.1 Å². The van der Waals surface area contributed by atoms with Crippen LogP contribution in [0.3, 0.4) is 0 Å². The summed E-state index contributed by atoms with van der Waals surface area (Å²) in [6.07, 6.45) is 4.02. The third-order valence-corrected chi connectivity index (χ3v) is 10.6. The molecule has 0 amide bonds. The zero-order valence-corrected chi connectivity index (χ0v) is 28.9. The van der Waals surface area contributed by atoms with E-state index in [1.54, 1.807) is 45.0 Å². The van der Waals surface area contributed by atoms with E-state index in [4.69, 9.17) is 14.5 Å². The fraction of sp³-hybridized carbons (Fsp3) is 0.432. The van der Waals surface area contributed by atoms with Crippen molar-refractivity contribution in [1.29, 1.82) is 0 Å². The van der Waals surface area contributed by atoms with Gasteiger partial charge in [-0.15, -0.1) is 0 Å². The van der Waals surface area contributed by atoms with Crippen molar-refractivity contribution in [3.05, 3.63) is 89.4 Å². The van der Waals surface area contributed by atoms with E-state index in [1.165, 1.54) is 17.9 Å². The van der Waals surface area contributed by atoms with Crippen LogP contribution in [0, 0.1) is 0 Å². The normalized spacial score (nSPS) is 21.5. The number of aliphatic hydroxyl groups is 1. The third kappa shape index (κ3) is 6.24. The van der Waals surface area contributed by atoms with Crippen molar-refractivity contribution in [3.63, 3.8) is 0 Å². The number of alkyl halides is 3. The molecule has 0 aliphatic carbocycles. The van der Waals surface area contributed by atoms with Gasteiger partial charge < -0.3 is 24.0 Å². The molecule has 11 nitrogen and oxygen atoms in total. The molecule has 2 fully saturated rings. The summed E-state index contributed by atoms with van der Waals surface area (Å²) in [5.41, 5.74) is 2.39. The Morgan fingerprint density at radius 3 is 2.71 bits per heavy atom. The highest BCUT2D eigenvalue weighted by atomic mass is 19.4. The monoisotopic (exact) mass is 702 g/mol. The Labute approximate surface area is 293 Å². The summed E-state index contributed by atoms with van der Waals surface area (Å²) in [6.45, 7) is 8.39. The molecular weight excluding hydrogens is 661 g/mol. The number of hydrogen-bond acceptors (Lipinski definition) is 9. The summed E-state index contributed by atoms with van der Waals surface area (Å²) < 4.78 is 57.5. The maximum absolute atomic E-state index is 14.3.